The van der Waals surface area contributed by atoms with Crippen molar-refractivity contribution in [1.29, 1.82) is 0 Å². The Morgan fingerprint density at radius 1 is 1.22 bits per heavy atom. The SMILES string of the molecule is CCCC1CCC(NC(=O)C2(N)CC(OCC)C2(C)C)CC1.Cl. The number of nitrogens with one attached hydrogen (secondary N) is 1. The van der Waals surface area contributed by atoms with Gasteiger partial charge in [0.1, 0.15) is 5.54 Å². The van der Waals surface area contributed by atoms with Crippen LogP contribution in [-0.4, -0.2) is 30.2 Å². The van der Waals surface area contributed by atoms with E-state index < -0.39 is 5.54 Å². The summed E-state index contributed by atoms with van der Waals surface area (Å²) in [5.41, 5.74) is 5.36. The highest BCUT2D eigenvalue weighted by Crippen LogP contribution is 2.50. The first-order chi connectivity index (χ1) is 10.3. The zero-order valence-corrected chi connectivity index (χ0v) is 16.0. The molecule has 2 aliphatic rings. The lowest BCUT2D eigenvalue weighted by Crippen LogP contribution is -2.76. The van der Waals surface area contributed by atoms with Crippen molar-refractivity contribution < 1.29 is 9.53 Å². The van der Waals surface area contributed by atoms with Gasteiger partial charge in [-0.1, -0.05) is 33.6 Å². The van der Waals surface area contributed by atoms with Crippen LogP contribution in [0, 0.1) is 11.3 Å². The summed E-state index contributed by atoms with van der Waals surface area (Å²) in [6, 6.07) is 0.308. The van der Waals surface area contributed by atoms with Crippen LogP contribution in [0.3, 0.4) is 0 Å². The molecule has 2 unspecified atom stereocenters. The number of carbonyl (C=O) groups is 1. The van der Waals surface area contributed by atoms with Crippen LogP contribution in [0.5, 0.6) is 0 Å². The van der Waals surface area contributed by atoms with Gasteiger partial charge in [0.25, 0.3) is 0 Å². The van der Waals surface area contributed by atoms with Crippen molar-refractivity contribution in [1.82, 2.24) is 5.32 Å². The third-order valence-electron chi connectivity index (χ3n) is 6.11. The molecule has 0 aromatic heterocycles. The number of ether oxygens (including phenoxy) is 1. The normalized spacial score (nSPS) is 35.8. The van der Waals surface area contributed by atoms with Gasteiger partial charge in [0.15, 0.2) is 0 Å². The number of amides is 1. The molecule has 0 aromatic rings. The molecule has 0 bridgehead atoms. The Hall–Kier alpha value is -0.320. The summed E-state index contributed by atoms with van der Waals surface area (Å²) in [5.74, 6) is 0.875. The summed E-state index contributed by atoms with van der Waals surface area (Å²) in [5, 5.41) is 3.22. The lowest BCUT2D eigenvalue weighted by molar-refractivity contribution is -0.171. The molecule has 3 N–H and O–H groups in total. The molecule has 2 atom stereocenters. The third kappa shape index (κ3) is 4.02. The van der Waals surface area contributed by atoms with Crippen LogP contribution in [-0.2, 0) is 9.53 Å². The summed E-state index contributed by atoms with van der Waals surface area (Å²) < 4.78 is 5.71. The monoisotopic (exact) mass is 346 g/mol. The lowest BCUT2D eigenvalue weighted by atomic mass is 9.54. The Morgan fingerprint density at radius 2 is 1.83 bits per heavy atom. The number of nitrogens with two attached hydrogens (primary N) is 1. The van der Waals surface area contributed by atoms with Crippen LogP contribution in [0.15, 0.2) is 0 Å². The van der Waals surface area contributed by atoms with Crippen LogP contribution < -0.4 is 11.1 Å². The first-order valence-corrected chi connectivity index (χ1v) is 9.06. The van der Waals surface area contributed by atoms with Crippen LogP contribution >= 0.6 is 12.4 Å². The molecule has 0 saturated heterocycles. The molecule has 4 nitrogen and oxygen atoms in total. The van der Waals surface area contributed by atoms with Gasteiger partial charge >= 0.3 is 0 Å². The second-order valence-electron chi connectivity index (χ2n) is 7.82. The Labute approximate surface area is 147 Å². The fourth-order valence-corrected chi connectivity index (χ4v) is 4.14. The number of hydrogen-bond donors (Lipinski definition) is 2. The van der Waals surface area contributed by atoms with E-state index in [1.54, 1.807) is 0 Å². The highest BCUT2D eigenvalue weighted by molar-refractivity contribution is 5.89. The molecule has 2 saturated carbocycles. The maximum absolute atomic E-state index is 12.7. The van der Waals surface area contributed by atoms with Gasteiger partial charge in [-0.05, 0) is 38.5 Å². The van der Waals surface area contributed by atoms with E-state index in [0.29, 0.717) is 19.1 Å². The van der Waals surface area contributed by atoms with Gasteiger partial charge in [0.05, 0.1) is 6.10 Å². The predicted octanol–water partition coefficient (Wildman–Crippen LogP) is 3.42. The summed E-state index contributed by atoms with van der Waals surface area (Å²) in [6.45, 7) is 9.01. The number of carbonyl (C=O) groups excluding carboxylic acids is 1. The van der Waals surface area contributed by atoms with Crippen LogP contribution in [0.2, 0.25) is 0 Å². The Morgan fingerprint density at radius 3 is 2.30 bits per heavy atom. The van der Waals surface area contributed by atoms with Gasteiger partial charge in [-0.3, -0.25) is 4.79 Å². The van der Waals surface area contributed by atoms with E-state index in [4.69, 9.17) is 10.5 Å². The molecular weight excluding hydrogens is 312 g/mol. The minimum Gasteiger partial charge on any atom is -0.378 e. The molecule has 2 fully saturated rings. The molecule has 23 heavy (non-hydrogen) atoms. The van der Waals surface area contributed by atoms with Crippen molar-refractivity contribution in [2.24, 2.45) is 17.1 Å². The van der Waals surface area contributed by atoms with Crippen LogP contribution in [0.4, 0.5) is 0 Å². The van der Waals surface area contributed by atoms with Crippen molar-refractivity contribution in [3.05, 3.63) is 0 Å². The number of halogens is 1. The zero-order valence-electron chi connectivity index (χ0n) is 15.2. The molecular formula is C18H35ClN2O2. The van der Waals surface area contributed by atoms with E-state index >= 15 is 0 Å². The van der Waals surface area contributed by atoms with E-state index in [9.17, 15) is 4.79 Å². The first-order valence-electron chi connectivity index (χ1n) is 9.06. The van der Waals surface area contributed by atoms with Crippen LogP contribution in [0.1, 0.15) is 72.6 Å². The molecule has 0 aliphatic heterocycles. The topological polar surface area (TPSA) is 64.4 Å². The summed E-state index contributed by atoms with van der Waals surface area (Å²) in [4.78, 5) is 12.7. The van der Waals surface area contributed by atoms with Crippen molar-refractivity contribution in [2.45, 2.75) is 90.3 Å². The molecule has 2 aliphatic carbocycles. The summed E-state index contributed by atoms with van der Waals surface area (Å²) in [7, 11) is 0. The fraction of sp³-hybridized carbons (Fsp3) is 0.944. The smallest absolute Gasteiger partial charge is 0.241 e. The van der Waals surface area contributed by atoms with Crippen molar-refractivity contribution in [3.63, 3.8) is 0 Å². The molecule has 5 heteroatoms. The van der Waals surface area contributed by atoms with E-state index in [1.165, 1.54) is 25.7 Å². The van der Waals surface area contributed by atoms with E-state index in [0.717, 1.165) is 18.8 Å². The molecule has 0 heterocycles. The van der Waals surface area contributed by atoms with Crippen molar-refractivity contribution >= 4 is 18.3 Å². The second kappa shape index (κ2) is 8.17. The van der Waals surface area contributed by atoms with E-state index in [1.807, 2.05) is 6.92 Å². The Balaban J connectivity index is 0.00000264. The maximum atomic E-state index is 12.7. The molecule has 0 aromatic carbocycles. The molecule has 0 spiro atoms. The second-order valence-corrected chi connectivity index (χ2v) is 7.82. The van der Waals surface area contributed by atoms with Gasteiger partial charge in [-0.25, -0.2) is 0 Å². The minimum atomic E-state index is -0.785. The van der Waals surface area contributed by atoms with Crippen LogP contribution in [0.25, 0.3) is 0 Å². The van der Waals surface area contributed by atoms with Gasteiger partial charge in [0, 0.05) is 24.5 Å². The number of rotatable bonds is 6. The zero-order chi connectivity index (χ0) is 16.4. The Bertz CT molecular complexity index is 394. The molecule has 2 rings (SSSR count). The highest BCUT2D eigenvalue weighted by atomic mass is 35.5. The summed E-state index contributed by atoms with van der Waals surface area (Å²) in [6.07, 6.45) is 7.98. The fourth-order valence-electron chi connectivity index (χ4n) is 4.14. The minimum absolute atomic E-state index is 0. The molecule has 0 radical (unpaired) electrons. The predicted molar refractivity (Wildman–Crippen MR) is 96.8 cm³/mol. The quantitative estimate of drug-likeness (QED) is 0.774. The van der Waals surface area contributed by atoms with Gasteiger partial charge in [0.2, 0.25) is 5.91 Å². The van der Waals surface area contributed by atoms with E-state index in [2.05, 4.69) is 26.1 Å². The standard InChI is InChI=1S/C18H34N2O2.ClH/c1-5-7-13-8-10-14(11-9-13)20-16(21)18(19)12-15(22-6-2)17(18,3)4;/h13-15H,5-12,19H2,1-4H3,(H,20,21);1H. The average Bonchev–Trinajstić information content (AvgIpc) is 2.49. The van der Waals surface area contributed by atoms with Gasteiger partial charge in [-0.15, -0.1) is 12.4 Å². The highest BCUT2D eigenvalue weighted by Gasteiger charge is 2.63. The molecule has 1 amide bonds. The van der Waals surface area contributed by atoms with Gasteiger partial charge in [-0.2, -0.15) is 0 Å². The van der Waals surface area contributed by atoms with Gasteiger partial charge < -0.3 is 15.8 Å². The Kier molecular flexibility index (Phi) is 7.36. The first kappa shape index (κ1) is 20.7. The maximum Gasteiger partial charge on any atom is 0.241 e. The largest absolute Gasteiger partial charge is 0.378 e. The number of hydrogen-bond acceptors (Lipinski definition) is 3. The lowest BCUT2D eigenvalue weighted by Gasteiger charge is -2.57. The van der Waals surface area contributed by atoms with Crippen molar-refractivity contribution in [2.75, 3.05) is 6.61 Å². The third-order valence-corrected chi connectivity index (χ3v) is 6.11. The molecule has 136 valence electrons. The van der Waals surface area contributed by atoms with Crippen molar-refractivity contribution in [3.8, 4) is 0 Å². The van der Waals surface area contributed by atoms with E-state index in [-0.39, 0.29) is 29.8 Å². The average molecular weight is 347 g/mol. The summed E-state index contributed by atoms with van der Waals surface area (Å²) >= 11 is 0.